The number of Topliss-reactive ketones (excluding diaryl/α,β-unsaturated/α-hetero) is 1. The van der Waals surface area contributed by atoms with E-state index in [-0.39, 0.29) is 17.2 Å². The second-order valence-electron chi connectivity index (χ2n) is 8.96. The fourth-order valence-corrected chi connectivity index (χ4v) is 6.06. The molecule has 5 rings (SSSR count). The van der Waals surface area contributed by atoms with E-state index in [2.05, 4.69) is 0 Å². The monoisotopic (exact) mass is 340 g/mol. The maximum Gasteiger partial charge on any atom is 0.307 e. The van der Waals surface area contributed by atoms with Gasteiger partial charge in [-0.05, 0) is 75.5 Å². The molecule has 0 N–H and O–H groups in total. The van der Waals surface area contributed by atoms with Crippen LogP contribution in [0.1, 0.15) is 67.8 Å². The van der Waals surface area contributed by atoms with Gasteiger partial charge < -0.3 is 4.74 Å². The van der Waals surface area contributed by atoms with Crippen LogP contribution in [0.4, 0.5) is 0 Å². The summed E-state index contributed by atoms with van der Waals surface area (Å²) >= 11 is 0. The summed E-state index contributed by atoms with van der Waals surface area (Å²) < 4.78 is 5.55. The van der Waals surface area contributed by atoms with E-state index in [0.717, 1.165) is 23.3 Å². The van der Waals surface area contributed by atoms with Crippen LogP contribution in [0.2, 0.25) is 0 Å². The first-order valence-electron chi connectivity index (χ1n) is 9.73. The van der Waals surface area contributed by atoms with E-state index in [9.17, 15) is 9.59 Å². The van der Waals surface area contributed by atoms with Crippen molar-refractivity contribution in [2.75, 3.05) is 0 Å². The molecule has 4 aliphatic carbocycles. The number of benzene rings is 1. The third-order valence-corrected chi connectivity index (χ3v) is 6.70. The SMILES string of the molecule is Cc1ccc(C(=O)C(C)OC(=O)CC23CC4CC(CC(C4)C2)C3)cc1. The Morgan fingerprint density at radius 2 is 1.56 bits per heavy atom. The van der Waals surface area contributed by atoms with E-state index in [1.807, 2.05) is 19.1 Å². The summed E-state index contributed by atoms with van der Waals surface area (Å²) in [7, 11) is 0. The zero-order chi connectivity index (χ0) is 17.6. The molecule has 3 nitrogen and oxygen atoms in total. The molecule has 4 aliphatic rings. The molecule has 0 saturated heterocycles. The zero-order valence-corrected chi connectivity index (χ0v) is 15.3. The summed E-state index contributed by atoms with van der Waals surface area (Å²) in [4.78, 5) is 25.0. The van der Waals surface area contributed by atoms with Gasteiger partial charge in [0.2, 0.25) is 5.78 Å². The standard InChI is InChI=1S/C22H28O3/c1-14-3-5-19(6-4-14)21(24)15(2)25-20(23)13-22-10-16-7-17(11-22)9-18(8-16)12-22/h3-6,15-18H,7-13H2,1-2H3. The number of carbonyl (C=O) groups excluding carboxylic acids is 2. The lowest BCUT2D eigenvalue weighted by atomic mass is 9.49. The smallest absolute Gasteiger partial charge is 0.307 e. The fraction of sp³-hybridized carbons (Fsp3) is 0.636. The average Bonchev–Trinajstić information content (AvgIpc) is 2.52. The molecule has 0 amide bonds. The summed E-state index contributed by atoms with van der Waals surface area (Å²) in [6.07, 6.45) is 7.48. The molecule has 0 aliphatic heterocycles. The van der Waals surface area contributed by atoms with Crippen LogP contribution < -0.4 is 0 Å². The molecule has 3 heteroatoms. The largest absolute Gasteiger partial charge is 0.454 e. The van der Waals surface area contributed by atoms with Crippen molar-refractivity contribution in [2.45, 2.75) is 64.9 Å². The Bertz CT molecular complexity index is 638. The lowest BCUT2D eigenvalue weighted by Gasteiger charge is -2.56. The lowest BCUT2D eigenvalue weighted by molar-refractivity contribution is -0.154. The molecule has 134 valence electrons. The lowest BCUT2D eigenvalue weighted by Crippen LogP contribution is -2.47. The zero-order valence-electron chi connectivity index (χ0n) is 15.3. The number of rotatable bonds is 5. The normalized spacial score (nSPS) is 33.9. The minimum Gasteiger partial charge on any atom is -0.454 e. The quantitative estimate of drug-likeness (QED) is 0.575. The first kappa shape index (κ1) is 16.8. The Hall–Kier alpha value is -1.64. The van der Waals surface area contributed by atoms with E-state index >= 15 is 0 Å². The van der Waals surface area contributed by atoms with Gasteiger partial charge in [-0.15, -0.1) is 0 Å². The molecule has 0 aromatic heterocycles. The predicted molar refractivity (Wildman–Crippen MR) is 96.3 cm³/mol. The van der Waals surface area contributed by atoms with Gasteiger partial charge in [0.05, 0.1) is 6.42 Å². The summed E-state index contributed by atoms with van der Waals surface area (Å²) in [5.74, 6) is 2.18. The summed E-state index contributed by atoms with van der Waals surface area (Å²) in [6, 6.07) is 7.44. The Kier molecular flexibility index (Phi) is 4.21. The molecule has 1 atom stereocenters. The number of ketones is 1. The van der Waals surface area contributed by atoms with Crippen LogP contribution in [0.25, 0.3) is 0 Å². The summed E-state index contributed by atoms with van der Waals surface area (Å²) in [5, 5.41) is 0. The number of hydrogen-bond acceptors (Lipinski definition) is 3. The van der Waals surface area contributed by atoms with E-state index in [1.54, 1.807) is 19.1 Å². The van der Waals surface area contributed by atoms with Crippen LogP contribution in [0.15, 0.2) is 24.3 Å². The molecule has 4 saturated carbocycles. The number of carbonyl (C=O) groups is 2. The fourth-order valence-electron chi connectivity index (χ4n) is 6.06. The molecule has 25 heavy (non-hydrogen) atoms. The maximum absolute atomic E-state index is 12.6. The summed E-state index contributed by atoms with van der Waals surface area (Å²) in [6.45, 7) is 3.68. The van der Waals surface area contributed by atoms with Gasteiger partial charge in [-0.1, -0.05) is 29.8 Å². The van der Waals surface area contributed by atoms with Crippen molar-refractivity contribution in [2.24, 2.45) is 23.2 Å². The molecule has 0 radical (unpaired) electrons. The van der Waals surface area contributed by atoms with Crippen LogP contribution in [0.3, 0.4) is 0 Å². The van der Waals surface area contributed by atoms with Crippen molar-refractivity contribution in [3.8, 4) is 0 Å². The van der Waals surface area contributed by atoms with Crippen LogP contribution in [0.5, 0.6) is 0 Å². The second-order valence-corrected chi connectivity index (χ2v) is 8.96. The number of aryl methyl sites for hydroxylation is 1. The summed E-state index contributed by atoms with van der Waals surface area (Å²) in [5.41, 5.74) is 1.89. The van der Waals surface area contributed by atoms with Gasteiger partial charge in [0, 0.05) is 5.56 Å². The van der Waals surface area contributed by atoms with Crippen LogP contribution in [-0.2, 0) is 9.53 Å². The highest BCUT2D eigenvalue weighted by Crippen LogP contribution is 2.61. The van der Waals surface area contributed by atoms with Crippen molar-refractivity contribution >= 4 is 11.8 Å². The minimum atomic E-state index is -0.705. The molecule has 1 aromatic carbocycles. The Morgan fingerprint density at radius 1 is 1.04 bits per heavy atom. The number of esters is 1. The molecule has 0 spiro atoms. The molecular formula is C22H28O3. The molecule has 1 unspecified atom stereocenters. The highest BCUT2D eigenvalue weighted by atomic mass is 16.5. The number of hydrogen-bond donors (Lipinski definition) is 0. The van der Waals surface area contributed by atoms with Crippen molar-refractivity contribution in [1.29, 1.82) is 0 Å². The van der Waals surface area contributed by atoms with Gasteiger partial charge in [-0.2, -0.15) is 0 Å². The first-order valence-corrected chi connectivity index (χ1v) is 9.73. The van der Waals surface area contributed by atoms with Gasteiger partial charge in [0.1, 0.15) is 0 Å². The van der Waals surface area contributed by atoms with E-state index in [4.69, 9.17) is 4.74 Å². The van der Waals surface area contributed by atoms with Gasteiger partial charge in [0.25, 0.3) is 0 Å². The first-order chi connectivity index (χ1) is 11.9. The Balaban J connectivity index is 1.37. The van der Waals surface area contributed by atoms with Crippen LogP contribution in [-0.4, -0.2) is 17.9 Å². The average molecular weight is 340 g/mol. The highest BCUT2D eigenvalue weighted by molar-refractivity contribution is 6.00. The number of ether oxygens (including phenoxy) is 1. The Morgan fingerprint density at radius 3 is 2.08 bits per heavy atom. The molecule has 0 heterocycles. The van der Waals surface area contributed by atoms with Crippen molar-refractivity contribution in [1.82, 2.24) is 0 Å². The van der Waals surface area contributed by atoms with Crippen molar-refractivity contribution in [3.63, 3.8) is 0 Å². The van der Waals surface area contributed by atoms with E-state index in [0.29, 0.717) is 12.0 Å². The van der Waals surface area contributed by atoms with Crippen molar-refractivity contribution in [3.05, 3.63) is 35.4 Å². The third-order valence-electron chi connectivity index (χ3n) is 6.70. The van der Waals surface area contributed by atoms with Crippen molar-refractivity contribution < 1.29 is 14.3 Å². The molecular weight excluding hydrogens is 312 g/mol. The van der Waals surface area contributed by atoms with Gasteiger partial charge in [-0.25, -0.2) is 0 Å². The second kappa shape index (κ2) is 6.26. The topological polar surface area (TPSA) is 43.4 Å². The van der Waals surface area contributed by atoms with Gasteiger partial charge in [0.15, 0.2) is 6.10 Å². The molecule has 4 fully saturated rings. The molecule has 1 aromatic rings. The van der Waals surface area contributed by atoms with E-state index in [1.165, 1.54) is 38.5 Å². The third kappa shape index (κ3) is 3.38. The highest BCUT2D eigenvalue weighted by Gasteiger charge is 2.51. The van der Waals surface area contributed by atoms with Crippen LogP contribution in [0, 0.1) is 30.1 Å². The molecule has 4 bridgehead atoms. The van der Waals surface area contributed by atoms with Crippen LogP contribution >= 0.6 is 0 Å². The van der Waals surface area contributed by atoms with E-state index < -0.39 is 6.10 Å². The Labute approximate surface area is 150 Å². The van der Waals surface area contributed by atoms with Gasteiger partial charge in [-0.3, -0.25) is 9.59 Å². The van der Waals surface area contributed by atoms with Gasteiger partial charge >= 0.3 is 5.97 Å². The predicted octanol–water partition coefficient (Wildman–Crippen LogP) is 4.72. The maximum atomic E-state index is 12.6. The minimum absolute atomic E-state index is 0.112.